The Labute approximate surface area is 148 Å². The summed E-state index contributed by atoms with van der Waals surface area (Å²) < 4.78 is -0.635. The number of non-ortho nitro benzene ring substituents is 1. The van der Waals surface area contributed by atoms with Crippen LogP contribution in [0, 0.1) is 20.2 Å². The molecule has 0 unspecified atom stereocenters. The van der Waals surface area contributed by atoms with Gasteiger partial charge in [-0.15, -0.1) is 23.4 Å². The van der Waals surface area contributed by atoms with E-state index in [1.165, 1.54) is 23.9 Å². The van der Waals surface area contributed by atoms with E-state index in [1.807, 2.05) is 44.2 Å². The summed E-state index contributed by atoms with van der Waals surface area (Å²) in [5.41, 5.74) is 0.310. The van der Waals surface area contributed by atoms with Crippen LogP contribution in [0.4, 0.5) is 11.4 Å². The Morgan fingerprint density at radius 2 is 1.71 bits per heavy atom. The van der Waals surface area contributed by atoms with Crippen molar-refractivity contribution in [2.75, 3.05) is 0 Å². The van der Waals surface area contributed by atoms with Crippen LogP contribution < -0.4 is 0 Å². The maximum atomic E-state index is 11.3. The van der Waals surface area contributed by atoms with Gasteiger partial charge in [0.05, 0.1) is 25.6 Å². The molecule has 24 heavy (non-hydrogen) atoms. The molecule has 2 aromatic carbocycles. The van der Waals surface area contributed by atoms with Crippen LogP contribution in [0.2, 0.25) is 0 Å². The summed E-state index contributed by atoms with van der Waals surface area (Å²) in [6.07, 6.45) is 0. The van der Waals surface area contributed by atoms with E-state index in [1.54, 1.807) is 0 Å². The van der Waals surface area contributed by atoms with E-state index in [2.05, 4.69) is 0 Å². The molecule has 2 rings (SSSR count). The average Bonchev–Trinajstić information content (AvgIpc) is 2.55. The van der Waals surface area contributed by atoms with Crippen LogP contribution in [-0.4, -0.2) is 15.2 Å². The van der Waals surface area contributed by atoms with E-state index in [-0.39, 0.29) is 16.8 Å². The van der Waals surface area contributed by atoms with Gasteiger partial charge in [0.2, 0.25) is 0 Å². The first kappa shape index (κ1) is 18.2. The largest absolute Gasteiger partial charge is 0.289 e. The quantitative estimate of drug-likeness (QED) is 0.306. The predicted octanol–water partition coefficient (Wildman–Crippen LogP) is 5.14. The molecule has 0 saturated carbocycles. The number of benzene rings is 2. The van der Waals surface area contributed by atoms with E-state index >= 15 is 0 Å². The van der Waals surface area contributed by atoms with Crippen LogP contribution in [0.3, 0.4) is 0 Å². The molecule has 8 heteroatoms. The zero-order chi connectivity index (χ0) is 17.9. The first-order valence-corrected chi connectivity index (χ1v) is 8.32. The Kier molecular flexibility index (Phi) is 5.46. The summed E-state index contributed by atoms with van der Waals surface area (Å²) in [5, 5.41) is 21.8. The van der Waals surface area contributed by atoms with E-state index in [4.69, 9.17) is 11.6 Å². The van der Waals surface area contributed by atoms with Crippen molar-refractivity contribution >= 4 is 34.7 Å². The Morgan fingerprint density at radius 3 is 2.21 bits per heavy atom. The van der Waals surface area contributed by atoms with Gasteiger partial charge in [0.25, 0.3) is 11.4 Å². The van der Waals surface area contributed by atoms with Gasteiger partial charge in [0.1, 0.15) is 0 Å². The summed E-state index contributed by atoms with van der Waals surface area (Å²) in [6, 6.07) is 13.1. The highest BCUT2D eigenvalue weighted by molar-refractivity contribution is 8.00. The average molecular weight is 367 g/mol. The summed E-state index contributed by atoms with van der Waals surface area (Å²) in [5.74, 6) is 0. The van der Waals surface area contributed by atoms with Crippen LogP contribution in [-0.2, 0) is 4.75 Å². The molecular formula is C16H15ClN2O4S. The number of nitro benzene ring substituents is 2. The minimum atomic E-state index is -0.651. The van der Waals surface area contributed by atoms with Crippen LogP contribution in [0.15, 0.2) is 53.4 Å². The fourth-order valence-corrected chi connectivity index (χ4v) is 3.72. The Hall–Kier alpha value is -2.12. The second-order valence-electron chi connectivity index (χ2n) is 5.36. The summed E-state index contributed by atoms with van der Waals surface area (Å²) in [6.45, 7) is 3.72. The SMILES string of the molecule is C[C@@H](Cl)[C@@](C)(Sc1ccc([N+](=O)[O-])cc1[N+](=O)[O-])c1ccccc1. The number of hydrogen-bond donors (Lipinski definition) is 0. The molecule has 126 valence electrons. The van der Waals surface area contributed by atoms with Crippen LogP contribution in [0.5, 0.6) is 0 Å². The Balaban J connectivity index is 2.51. The fraction of sp³-hybridized carbons (Fsp3) is 0.250. The maximum absolute atomic E-state index is 11.3. The zero-order valence-corrected chi connectivity index (χ0v) is 14.6. The summed E-state index contributed by atoms with van der Waals surface area (Å²) >= 11 is 7.62. The van der Waals surface area contributed by atoms with Crippen molar-refractivity contribution in [2.45, 2.75) is 28.9 Å². The molecule has 0 bridgehead atoms. The lowest BCUT2D eigenvalue weighted by Crippen LogP contribution is -2.27. The van der Waals surface area contributed by atoms with Gasteiger partial charge in [0, 0.05) is 11.4 Å². The smallest absolute Gasteiger partial charge is 0.258 e. The van der Waals surface area contributed by atoms with E-state index in [9.17, 15) is 20.2 Å². The highest BCUT2D eigenvalue weighted by Crippen LogP contribution is 2.48. The summed E-state index contributed by atoms with van der Waals surface area (Å²) in [7, 11) is 0. The zero-order valence-electron chi connectivity index (χ0n) is 13.0. The Bertz CT molecular complexity index is 770. The second kappa shape index (κ2) is 7.19. The first-order chi connectivity index (χ1) is 11.3. The molecule has 0 saturated heterocycles. The van der Waals surface area contributed by atoms with E-state index in [0.717, 1.165) is 11.6 Å². The molecule has 0 fully saturated rings. The predicted molar refractivity (Wildman–Crippen MR) is 94.7 cm³/mol. The van der Waals surface area contributed by atoms with Crippen LogP contribution in [0.25, 0.3) is 0 Å². The lowest BCUT2D eigenvalue weighted by molar-refractivity contribution is -0.396. The number of nitro groups is 2. The third-order valence-electron chi connectivity index (χ3n) is 3.78. The van der Waals surface area contributed by atoms with Crippen LogP contribution >= 0.6 is 23.4 Å². The van der Waals surface area contributed by atoms with Gasteiger partial charge in [-0.25, -0.2) is 0 Å². The molecule has 0 spiro atoms. The normalized spacial score (nSPS) is 14.6. The number of hydrogen-bond acceptors (Lipinski definition) is 5. The fourth-order valence-electron chi connectivity index (χ4n) is 2.22. The molecular weight excluding hydrogens is 352 g/mol. The number of thioether (sulfide) groups is 1. The minimum Gasteiger partial charge on any atom is -0.258 e. The molecule has 0 radical (unpaired) electrons. The maximum Gasteiger partial charge on any atom is 0.289 e. The molecule has 0 N–H and O–H groups in total. The number of alkyl halides is 1. The molecule has 0 aromatic heterocycles. The van der Waals surface area contributed by atoms with Gasteiger partial charge in [-0.05, 0) is 25.5 Å². The monoisotopic (exact) mass is 366 g/mol. The van der Waals surface area contributed by atoms with Gasteiger partial charge in [-0.1, -0.05) is 30.3 Å². The van der Waals surface area contributed by atoms with Crippen molar-refractivity contribution in [2.24, 2.45) is 0 Å². The van der Waals surface area contributed by atoms with Crippen molar-refractivity contribution in [3.05, 3.63) is 74.3 Å². The highest BCUT2D eigenvalue weighted by Gasteiger charge is 2.36. The van der Waals surface area contributed by atoms with Crippen LogP contribution in [0.1, 0.15) is 19.4 Å². The van der Waals surface area contributed by atoms with Crippen molar-refractivity contribution in [3.63, 3.8) is 0 Å². The number of halogens is 1. The molecule has 0 aliphatic heterocycles. The van der Waals surface area contributed by atoms with Gasteiger partial charge in [0.15, 0.2) is 0 Å². The van der Waals surface area contributed by atoms with Gasteiger partial charge >= 0.3 is 0 Å². The van der Waals surface area contributed by atoms with Crippen molar-refractivity contribution < 1.29 is 9.85 Å². The standard InChI is InChI=1S/C16H15ClN2O4S/c1-11(17)16(2,12-6-4-3-5-7-12)24-15-9-8-13(18(20)21)10-14(15)19(22)23/h3-11H,1-2H3/t11-,16-/m1/s1. The number of rotatable bonds is 6. The van der Waals surface area contributed by atoms with Gasteiger partial charge in [-0.3, -0.25) is 20.2 Å². The molecule has 0 heterocycles. The molecule has 2 aromatic rings. The lowest BCUT2D eigenvalue weighted by atomic mass is 9.97. The molecule has 6 nitrogen and oxygen atoms in total. The molecule has 2 atom stereocenters. The molecule has 0 aliphatic rings. The van der Waals surface area contributed by atoms with E-state index < -0.39 is 14.6 Å². The minimum absolute atomic E-state index is 0.298. The third-order valence-corrected chi connectivity index (χ3v) is 5.92. The molecule has 0 amide bonds. The summed E-state index contributed by atoms with van der Waals surface area (Å²) in [4.78, 5) is 21.3. The van der Waals surface area contributed by atoms with Crippen molar-refractivity contribution in [3.8, 4) is 0 Å². The van der Waals surface area contributed by atoms with Crippen molar-refractivity contribution in [1.29, 1.82) is 0 Å². The second-order valence-corrected chi connectivity index (χ2v) is 7.50. The van der Waals surface area contributed by atoms with Gasteiger partial charge in [-0.2, -0.15) is 0 Å². The van der Waals surface area contributed by atoms with Crippen molar-refractivity contribution in [1.82, 2.24) is 0 Å². The van der Waals surface area contributed by atoms with E-state index in [0.29, 0.717) is 4.90 Å². The Morgan fingerprint density at radius 1 is 1.08 bits per heavy atom. The molecule has 0 aliphatic carbocycles. The highest BCUT2D eigenvalue weighted by atomic mass is 35.5. The lowest BCUT2D eigenvalue weighted by Gasteiger charge is -2.32. The first-order valence-electron chi connectivity index (χ1n) is 7.07. The number of nitrogens with zero attached hydrogens (tertiary/aromatic N) is 2. The van der Waals surface area contributed by atoms with Gasteiger partial charge < -0.3 is 0 Å². The topological polar surface area (TPSA) is 86.3 Å². The third kappa shape index (κ3) is 3.68.